The summed E-state index contributed by atoms with van der Waals surface area (Å²) in [5, 5.41) is 3.85. The molecule has 0 amide bonds. The Morgan fingerprint density at radius 2 is 2.27 bits per heavy atom. The molecule has 1 heterocycles. The lowest BCUT2D eigenvalue weighted by molar-refractivity contribution is -0.140. The standard InChI is InChI=1S/C17H23ClN2O2/c1-2-22-16(21)9-19-17-14-7-8-20(10-12-3-4-12)11-13(14)5-6-15(17)18/h5-6,12,19H,2-4,7-11H2,1H3. The highest BCUT2D eigenvalue weighted by Gasteiger charge is 2.27. The van der Waals surface area contributed by atoms with Gasteiger partial charge >= 0.3 is 5.97 Å². The summed E-state index contributed by atoms with van der Waals surface area (Å²) in [6, 6.07) is 4.04. The van der Waals surface area contributed by atoms with E-state index in [9.17, 15) is 4.79 Å². The van der Waals surface area contributed by atoms with Crippen LogP contribution in [0.5, 0.6) is 0 Å². The quantitative estimate of drug-likeness (QED) is 0.817. The Labute approximate surface area is 136 Å². The lowest BCUT2D eigenvalue weighted by Crippen LogP contribution is -2.32. The van der Waals surface area contributed by atoms with Crippen LogP contribution in [0.15, 0.2) is 12.1 Å². The summed E-state index contributed by atoms with van der Waals surface area (Å²) in [7, 11) is 0. The Hall–Kier alpha value is -1.26. The molecule has 1 N–H and O–H groups in total. The van der Waals surface area contributed by atoms with E-state index >= 15 is 0 Å². The highest BCUT2D eigenvalue weighted by Crippen LogP contribution is 2.35. The van der Waals surface area contributed by atoms with Gasteiger partial charge in [0.2, 0.25) is 0 Å². The zero-order valence-electron chi connectivity index (χ0n) is 13.0. The Morgan fingerprint density at radius 1 is 1.45 bits per heavy atom. The third-order valence-corrected chi connectivity index (χ3v) is 4.67. The maximum atomic E-state index is 11.5. The first-order valence-electron chi connectivity index (χ1n) is 8.09. The molecule has 4 nitrogen and oxygen atoms in total. The summed E-state index contributed by atoms with van der Waals surface area (Å²) in [5.41, 5.74) is 3.48. The van der Waals surface area contributed by atoms with Crippen LogP contribution in [0.1, 0.15) is 30.9 Å². The highest BCUT2D eigenvalue weighted by atomic mass is 35.5. The van der Waals surface area contributed by atoms with E-state index in [2.05, 4.69) is 16.3 Å². The molecule has 0 radical (unpaired) electrons. The molecule has 3 rings (SSSR count). The second-order valence-electron chi connectivity index (χ2n) is 6.15. The SMILES string of the molecule is CCOC(=O)CNc1c(Cl)ccc2c1CCN(CC1CC1)C2. The highest BCUT2D eigenvalue weighted by molar-refractivity contribution is 6.33. The van der Waals surface area contributed by atoms with E-state index in [0.29, 0.717) is 11.6 Å². The van der Waals surface area contributed by atoms with Gasteiger partial charge in [-0.3, -0.25) is 9.69 Å². The van der Waals surface area contributed by atoms with Crippen LogP contribution in [-0.2, 0) is 22.5 Å². The van der Waals surface area contributed by atoms with Gasteiger partial charge in [-0.05, 0) is 49.3 Å². The fourth-order valence-electron chi connectivity index (χ4n) is 3.07. The molecule has 0 aromatic heterocycles. The monoisotopic (exact) mass is 322 g/mol. The van der Waals surface area contributed by atoms with E-state index in [-0.39, 0.29) is 12.5 Å². The predicted molar refractivity (Wildman–Crippen MR) is 88.3 cm³/mol. The third-order valence-electron chi connectivity index (χ3n) is 4.36. The first kappa shape index (κ1) is 15.6. The fourth-order valence-corrected chi connectivity index (χ4v) is 3.31. The summed E-state index contributed by atoms with van der Waals surface area (Å²) >= 11 is 6.32. The predicted octanol–water partition coefficient (Wildman–Crippen LogP) is 3.08. The maximum absolute atomic E-state index is 11.5. The first-order chi connectivity index (χ1) is 10.7. The number of esters is 1. The molecule has 1 fully saturated rings. The van der Waals surface area contributed by atoms with Crippen LogP contribution in [0, 0.1) is 5.92 Å². The van der Waals surface area contributed by atoms with Crippen molar-refractivity contribution in [2.75, 3.05) is 31.6 Å². The van der Waals surface area contributed by atoms with E-state index in [1.54, 1.807) is 0 Å². The molecule has 1 saturated carbocycles. The Balaban J connectivity index is 1.69. The zero-order valence-corrected chi connectivity index (χ0v) is 13.8. The molecule has 1 aromatic rings. The molecule has 120 valence electrons. The van der Waals surface area contributed by atoms with Crippen LogP contribution < -0.4 is 5.32 Å². The zero-order chi connectivity index (χ0) is 15.5. The molecule has 0 atom stereocenters. The van der Waals surface area contributed by atoms with Crippen molar-refractivity contribution < 1.29 is 9.53 Å². The van der Waals surface area contributed by atoms with Gasteiger partial charge in [-0.1, -0.05) is 17.7 Å². The van der Waals surface area contributed by atoms with E-state index < -0.39 is 0 Å². The van der Waals surface area contributed by atoms with E-state index in [4.69, 9.17) is 16.3 Å². The van der Waals surface area contributed by atoms with Gasteiger partial charge in [0.25, 0.3) is 0 Å². The molecule has 0 bridgehead atoms. The van der Waals surface area contributed by atoms with Gasteiger partial charge in [-0.25, -0.2) is 0 Å². The first-order valence-corrected chi connectivity index (χ1v) is 8.47. The van der Waals surface area contributed by atoms with Crippen LogP contribution in [-0.4, -0.2) is 37.1 Å². The van der Waals surface area contributed by atoms with E-state index in [0.717, 1.165) is 31.1 Å². The average molecular weight is 323 g/mol. The molecule has 0 saturated heterocycles. The largest absolute Gasteiger partial charge is 0.465 e. The molecule has 0 unspecified atom stereocenters. The Morgan fingerprint density at radius 3 is 3.00 bits per heavy atom. The van der Waals surface area contributed by atoms with Gasteiger partial charge in [0.1, 0.15) is 6.54 Å². The summed E-state index contributed by atoms with van der Waals surface area (Å²) in [5.74, 6) is 0.664. The van der Waals surface area contributed by atoms with E-state index in [1.165, 1.54) is 30.5 Å². The Kier molecular flexibility index (Phi) is 4.89. The second kappa shape index (κ2) is 6.88. The number of rotatable bonds is 6. The smallest absolute Gasteiger partial charge is 0.325 e. The van der Waals surface area contributed by atoms with Gasteiger partial charge in [0, 0.05) is 19.6 Å². The number of anilines is 1. The lowest BCUT2D eigenvalue weighted by Gasteiger charge is -2.30. The summed E-state index contributed by atoms with van der Waals surface area (Å²) in [4.78, 5) is 14.1. The number of halogens is 1. The number of nitrogens with one attached hydrogen (secondary N) is 1. The number of hydrogen-bond acceptors (Lipinski definition) is 4. The minimum Gasteiger partial charge on any atom is -0.465 e. The van der Waals surface area contributed by atoms with Gasteiger partial charge < -0.3 is 10.1 Å². The van der Waals surface area contributed by atoms with Gasteiger partial charge in [0.15, 0.2) is 0 Å². The summed E-state index contributed by atoms with van der Waals surface area (Å²) < 4.78 is 4.96. The topological polar surface area (TPSA) is 41.6 Å². The van der Waals surface area contributed by atoms with Gasteiger partial charge in [-0.15, -0.1) is 0 Å². The minimum atomic E-state index is -0.248. The number of hydrogen-bond donors (Lipinski definition) is 1. The van der Waals surface area contributed by atoms with Crippen LogP contribution in [0.25, 0.3) is 0 Å². The molecule has 5 heteroatoms. The molecule has 2 aliphatic rings. The molecule has 1 aliphatic heterocycles. The number of fused-ring (bicyclic) bond motifs is 1. The van der Waals surface area contributed by atoms with Crippen molar-refractivity contribution in [3.8, 4) is 0 Å². The van der Waals surface area contributed by atoms with Crippen molar-refractivity contribution in [1.82, 2.24) is 4.90 Å². The molecule has 22 heavy (non-hydrogen) atoms. The van der Waals surface area contributed by atoms with Crippen molar-refractivity contribution in [2.24, 2.45) is 5.92 Å². The van der Waals surface area contributed by atoms with Crippen LogP contribution in [0.4, 0.5) is 5.69 Å². The second-order valence-corrected chi connectivity index (χ2v) is 6.55. The number of nitrogens with zero attached hydrogens (tertiary/aromatic N) is 1. The van der Waals surface area contributed by atoms with Crippen LogP contribution in [0.2, 0.25) is 5.02 Å². The number of ether oxygens (including phenoxy) is 1. The molecule has 1 aromatic carbocycles. The lowest BCUT2D eigenvalue weighted by atomic mass is 9.97. The number of carbonyl (C=O) groups excluding carboxylic acids is 1. The van der Waals surface area contributed by atoms with Crippen LogP contribution in [0.3, 0.4) is 0 Å². The molecular formula is C17H23ClN2O2. The van der Waals surface area contributed by atoms with Crippen molar-refractivity contribution >= 4 is 23.3 Å². The van der Waals surface area contributed by atoms with Crippen LogP contribution >= 0.6 is 11.6 Å². The third kappa shape index (κ3) is 3.73. The van der Waals surface area contributed by atoms with Crippen molar-refractivity contribution in [3.63, 3.8) is 0 Å². The average Bonchev–Trinajstić information content (AvgIpc) is 3.30. The van der Waals surface area contributed by atoms with Crippen molar-refractivity contribution in [1.29, 1.82) is 0 Å². The Bertz CT molecular complexity index is 558. The normalized spacial score (nSPS) is 17.9. The molecule has 1 aliphatic carbocycles. The van der Waals surface area contributed by atoms with Crippen molar-refractivity contribution in [2.45, 2.75) is 32.7 Å². The summed E-state index contributed by atoms with van der Waals surface area (Å²) in [6.45, 7) is 5.64. The molecule has 0 spiro atoms. The number of carbonyl (C=O) groups is 1. The fraction of sp³-hybridized carbons (Fsp3) is 0.588. The van der Waals surface area contributed by atoms with E-state index in [1.807, 2.05) is 13.0 Å². The maximum Gasteiger partial charge on any atom is 0.325 e. The van der Waals surface area contributed by atoms with Crippen molar-refractivity contribution in [3.05, 3.63) is 28.3 Å². The number of benzene rings is 1. The molecular weight excluding hydrogens is 300 g/mol. The van der Waals surface area contributed by atoms with Gasteiger partial charge in [0.05, 0.1) is 17.3 Å². The summed E-state index contributed by atoms with van der Waals surface area (Å²) in [6.07, 6.45) is 3.75. The minimum absolute atomic E-state index is 0.163. The van der Waals surface area contributed by atoms with Gasteiger partial charge in [-0.2, -0.15) is 0 Å².